The van der Waals surface area contributed by atoms with Crippen LogP contribution in [0.5, 0.6) is 23.0 Å². The minimum Gasteiger partial charge on any atom is -0.481 e. The normalized spacial score (nSPS) is 18.1. The molecule has 0 spiro atoms. The number of aromatic nitrogens is 2. The summed E-state index contributed by atoms with van der Waals surface area (Å²) in [5.41, 5.74) is 16.9. The number of hydrogen-bond acceptors (Lipinski definition) is 7. The summed E-state index contributed by atoms with van der Waals surface area (Å²) >= 11 is 0. The number of hydrogen-bond donors (Lipinski definition) is 4. The molecule has 4 aromatic carbocycles. The molecule has 2 aliphatic heterocycles. The van der Waals surface area contributed by atoms with Crippen molar-refractivity contribution >= 4 is 39.2 Å². The molecule has 5 N–H and O–H groups in total. The second-order valence-corrected chi connectivity index (χ2v) is 16.5. The molecule has 6 aliphatic rings. The molecule has 4 aliphatic carbocycles. The van der Waals surface area contributed by atoms with Gasteiger partial charge >= 0.3 is 5.97 Å². The van der Waals surface area contributed by atoms with Crippen molar-refractivity contribution in [2.45, 2.75) is 102 Å². The summed E-state index contributed by atoms with van der Waals surface area (Å²) < 4.78 is 21.3. The lowest BCUT2D eigenvalue weighted by molar-refractivity contribution is -0.140. The molecular formula is C48H51N3O7. The number of fused-ring (bicyclic) bond motifs is 8. The van der Waals surface area contributed by atoms with E-state index in [9.17, 15) is 9.59 Å². The van der Waals surface area contributed by atoms with Crippen molar-refractivity contribution < 1.29 is 33.6 Å². The van der Waals surface area contributed by atoms with Crippen LogP contribution in [0.4, 0.5) is 5.69 Å². The lowest BCUT2D eigenvalue weighted by Gasteiger charge is -2.15. The summed E-state index contributed by atoms with van der Waals surface area (Å²) in [6, 6.07) is 24.0. The van der Waals surface area contributed by atoms with Crippen LogP contribution in [0.15, 0.2) is 72.8 Å². The maximum Gasteiger partial charge on any atom is 0.314 e. The van der Waals surface area contributed by atoms with Gasteiger partial charge in [-0.1, -0.05) is 25.6 Å². The molecule has 0 radical (unpaired) electrons. The van der Waals surface area contributed by atoms with E-state index in [-0.39, 0.29) is 26.4 Å². The lowest BCUT2D eigenvalue weighted by Crippen LogP contribution is -2.22. The fraction of sp³-hybridized carbons (Fsp3) is 0.375. The Morgan fingerprint density at radius 1 is 0.603 bits per heavy atom. The summed E-state index contributed by atoms with van der Waals surface area (Å²) in [5, 5.41) is 11.8. The van der Waals surface area contributed by atoms with Crippen LogP contribution >= 0.6 is 0 Å². The molecule has 300 valence electrons. The van der Waals surface area contributed by atoms with Crippen LogP contribution in [-0.4, -0.2) is 40.4 Å². The van der Waals surface area contributed by atoms with E-state index in [0.717, 1.165) is 59.6 Å². The Hall–Kier alpha value is -5.90. The van der Waals surface area contributed by atoms with Crippen LogP contribution in [0.1, 0.15) is 98.0 Å². The average molecular weight is 782 g/mol. The minimum atomic E-state index is -0.749. The van der Waals surface area contributed by atoms with E-state index in [1.54, 1.807) is 12.1 Å². The number of carboxylic acid groups (broad SMARTS) is 1. The largest absolute Gasteiger partial charge is 0.481 e. The SMILES string of the molecule is C.Nc1ccc2[nH]c3c(c2c1)CCCC3.O=C(Cc1ccc2[nH]c3c(c2c1)CCCC3)C1(c2ccc3c(c2)OCO3)CC1.O=C(O)C1(c2ccc3c(c2)OCO3)CC1. The summed E-state index contributed by atoms with van der Waals surface area (Å²) in [6.45, 7) is 0.486. The molecule has 2 aromatic heterocycles. The Labute approximate surface area is 338 Å². The number of aryl methyl sites for hydroxylation is 4. The number of nitrogens with two attached hydrogens (primary N) is 1. The van der Waals surface area contributed by atoms with Crippen molar-refractivity contribution in [2.24, 2.45) is 0 Å². The number of nitrogen functional groups attached to an aromatic ring is 1. The molecule has 58 heavy (non-hydrogen) atoms. The van der Waals surface area contributed by atoms with Gasteiger partial charge in [-0.2, -0.15) is 0 Å². The molecule has 2 fully saturated rings. The summed E-state index contributed by atoms with van der Waals surface area (Å²) in [6.07, 6.45) is 13.6. The molecular weight excluding hydrogens is 731 g/mol. The van der Waals surface area contributed by atoms with Gasteiger partial charge in [-0.25, -0.2) is 0 Å². The van der Waals surface area contributed by atoms with E-state index in [2.05, 4.69) is 40.3 Å². The predicted octanol–water partition coefficient (Wildman–Crippen LogP) is 9.42. The van der Waals surface area contributed by atoms with Crippen molar-refractivity contribution in [3.63, 3.8) is 0 Å². The van der Waals surface area contributed by atoms with Crippen molar-refractivity contribution in [1.82, 2.24) is 9.97 Å². The number of aliphatic carboxylic acids is 1. The van der Waals surface area contributed by atoms with Gasteiger partial charge in [-0.3, -0.25) is 9.59 Å². The third-order valence-corrected chi connectivity index (χ3v) is 12.9. The number of ketones is 1. The van der Waals surface area contributed by atoms with Crippen LogP contribution in [0.25, 0.3) is 21.8 Å². The standard InChI is InChI=1S/C24H23NO3.C12H14N2.C11H10O4.CH4/c26-23(24(9-10-24)16-6-8-21-22(13-16)28-14-27-21)12-15-5-7-20-18(11-15)17-3-1-2-4-19(17)25-20;13-8-5-6-12-10(7-8)9-3-1-2-4-11(9)14-12;12-10(13)11(3-4-11)7-1-2-8-9(5-7)15-6-14-8;/h5-8,11,13,25H,1-4,9-10,12,14H2;5-7,14H,1-4,13H2;1-2,5H,3-4,6H2,(H,12,13);1H4. The molecule has 12 rings (SSSR count). The number of carboxylic acids is 1. The average Bonchev–Trinajstić information content (AvgIpc) is 4.00. The molecule has 0 unspecified atom stereocenters. The Morgan fingerprint density at radius 2 is 1.10 bits per heavy atom. The van der Waals surface area contributed by atoms with Gasteiger partial charge < -0.3 is 39.8 Å². The van der Waals surface area contributed by atoms with E-state index in [0.29, 0.717) is 36.5 Å². The van der Waals surface area contributed by atoms with Crippen LogP contribution < -0.4 is 24.7 Å². The highest BCUT2D eigenvalue weighted by atomic mass is 16.7. The van der Waals surface area contributed by atoms with Gasteiger partial charge in [0, 0.05) is 45.3 Å². The van der Waals surface area contributed by atoms with Gasteiger partial charge in [0.2, 0.25) is 13.6 Å². The number of ether oxygens (including phenoxy) is 4. The molecule has 6 aromatic rings. The molecule has 0 saturated heterocycles. The molecule has 4 heterocycles. The Kier molecular flexibility index (Phi) is 9.61. The van der Waals surface area contributed by atoms with Crippen LogP contribution in [0.2, 0.25) is 0 Å². The monoisotopic (exact) mass is 781 g/mol. The molecule has 0 bridgehead atoms. The number of Topliss-reactive ketones (excluding diaryl/α,β-unsaturated/α-hetero) is 1. The third-order valence-electron chi connectivity index (χ3n) is 12.9. The number of H-pyrrole nitrogens is 2. The number of anilines is 1. The zero-order valence-electron chi connectivity index (χ0n) is 32.0. The minimum absolute atomic E-state index is 0. The van der Waals surface area contributed by atoms with Gasteiger partial charge in [0.15, 0.2) is 23.0 Å². The maximum atomic E-state index is 13.3. The first-order valence-corrected chi connectivity index (χ1v) is 20.4. The second-order valence-electron chi connectivity index (χ2n) is 16.5. The molecule has 10 heteroatoms. The van der Waals surface area contributed by atoms with Crippen LogP contribution in [-0.2, 0) is 52.5 Å². The summed E-state index contributed by atoms with van der Waals surface area (Å²) in [5.74, 6) is 2.45. The van der Waals surface area contributed by atoms with Crippen molar-refractivity contribution in [3.8, 4) is 23.0 Å². The third kappa shape index (κ3) is 6.72. The van der Waals surface area contributed by atoms with Crippen molar-refractivity contribution in [3.05, 3.63) is 112 Å². The van der Waals surface area contributed by atoms with Crippen molar-refractivity contribution in [1.29, 1.82) is 0 Å². The second kappa shape index (κ2) is 14.8. The number of rotatable bonds is 6. The zero-order chi connectivity index (χ0) is 38.7. The fourth-order valence-corrected chi connectivity index (χ4v) is 9.33. The molecule has 2 saturated carbocycles. The number of nitrogens with one attached hydrogen (secondary N) is 2. The first-order chi connectivity index (χ1) is 27.8. The van der Waals surface area contributed by atoms with E-state index in [1.165, 1.54) is 82.8 Å². The molecule has 10 nitrogen and oxygen atoms in total. The van der Waals surface area contributed by atoms with Crippen molar-refractivity contribution in [2.75, 3.05) is 19.3 Å². The summed E-state index contributed by atoms with van der Waals surface area (Å²) in [7, 11) is 0. The van der Waals surface area contributed by atoms with E-state index >= 15 is 0 Å². The maximum absolute atomic E-state index is 13.3. The first-order valence-electron chi connectivity index (χ1n) is 20.4. The Bertz CT molecular complexity index is 2560. The fourth-order valence-electron chi connectivity index (χ4n) is 9.33. The highest BCUT2D eigenvalue weighted by Crippen LogP contribution is 2.52. The Balaban J connectivity index is 0.000000123. The molecule has 0 atom stereocenters. The quantitative estimate of drug-likeness (QED) is 0.122. The lowest BCUT2D eigenvalue weighted by atomic mass is 9.87. The highest BCUT2D eigenvalue weighted by molar-refractivity contribution is 5.96. The zero-order valence-corrected chi connectivity index (χ0v) is 32.0. The van der Waals surface area contributed by atoms with Gasteiger partial charge in [-0.05, 0) is 159 Å². The van der Waals surface area contributed by atoms with Gasteiger partial charge in [0.25, 0.3) is 0 Å². The van der Waals surface area contributed by atoms with Gasteiger partial charge in [0.05, 0.1) is 10.8 Å². The number of benzene rings is 4. The van der Waals surface area contributed by atoms with Crippen LogP contribution in [0, 0.1) is 0 Å². The van der Waals surface area contributed by atoms with Gasteiger partial charge in [0.1, 0.15) is 5.78 Å². The first kappa shape index (κ1) is 37.7. The number of carbonyl (C=O) groups excluding carboxylic acids is 1. The van der Waals surface area contributed by atoms with E-state index in [1.807, 2.05) is 30.3 Å². The summed E-state index contributed by atoms with van der Waals surface area (Å²) in [4.78, 5) is 31.5. The Morgan fingerprint density at radius 3 is 1.66 bits per heavy atom. The highest BCUT2D eigenvalue weighted by Gasteiger charge is 2.52. The van der Waals surface area contributed by atoms with Crippen LogP contribution in [0.3, 0.4) is 0 Å². The number of aromatic amines is 2. The predicted molar refractivity (Wildman–Crippen MR) is 224 cm³/mol. The number of carbonyl (C=O) groups is 2. The van der Waals surface area contributed by atoms with E-state index in [4.69, 9.17) is 29.8 Å². The topological polar surface area (TPSA) is 149 Å². The molecule has 0 amide bonds. The van der Waals surface area contributed by atoms with Gasteiger partial charge in [-0.15, -0.1) is 0 Å². The smallest absolute Gasteiger partial charge is 0.314 e. The van der Waals surface area contributed by atoms with E-state index < -0.39 is 11.4 Å².